The molecular weight excluding hydrogens is 375 g/mol. The summed E-state index contributed by atoms with van der Waals surface area (Å²) < 4.78 is 66.4. The molecule has 1 amide bonds. The number of quaternary nitrogens is 1. The summed E-state index contributed by atoms with van der Waals surface area (Å²) in [7, 11) is 1.67. The summed E-state index contributed by atoms with van der Waals surface area (Å²) in [5.74, 6) is -11.5. The van der Waals surface area contributed by atoms with Crippen LogP contribution in [0.15, 0.2) is 29.2 Å². The fourth-order valence-electron chi connectivity index (χ4n) is 2.33. The Morgan fingerprint density at radius 3 is 1.96 bits per heavy atom. The Morgan fingerprint density at radius 1 is 0.962 bits per heavy atom. The second-order valence-electron chi connectivity index (χ2n) is 5.65. The number of amides is 1. The van der Waals surface area contributed by atoms with Gasteiger partial charge in [0.15, 0.2) is 29.8 Å². The van der Waals surface area contributed by atoms with Gasteiger partial charge in [-0.15, -0.1) is 11.8 Å². The van der Waals surface area contributed by atoms with Gasteiger partial charge in [0.05, 0.1) is 7.05 Å². The third kappa shape index (κ3) is 4.53. The lowest BCUT2D eigenvalue weighted by Crippen LogP contribution is -3.08. The zero-order chi connectivity index (χ0) is 19.4. The van der Waals surface area contributed by atoms with Crippen LogP contribution >= 0.6 is 11.8 Å². The molecule has 0 saturated heterocycles. The normalized spacial score (nSPS) is 12.1. The lowest BCUT2D eigenvalue weighted by molar-refractivity contribution is -0.885. The van der Waals surface area contributed by atoms with Gasteiger partial charge in [0, 0.05) is 10.5 Å². The number of benzene rings is 2. The smallest absolute Gasteiger partial charge is 0.279 e. The summed E-state index contributed by atoms with van der Waals surface area (Å²) in [5.41, 5.74) is -0.409. The van der Waals surface area contributed by atoms with Crippen molar-refractivity contribution in [2.75, 3.05) is 25.2 Å². The molecule has 2 aromatic carbocycles. The van der Waals surface area contributed by atoms with Gasteiger partial charge < -0.3 is 10.2 Å². The fraction of sp³-hybridized carbons (Fsp3) is 0.235. The van der Waals surface area contributed by atoms with E-state index in [2.05, 4.69) is 0 Å². The third-order valence-electron chi connectivity index (χ3n) is 3.60. The highest BCUT2D eigenvalue weighted by Crippen LogP contribution is 2.26. The van der Waals surface area contributed by atoms with Crippen LogP contribution in [0.4, 0.5) is 27.6 Å². The van der Waals surface area contributed by atoms with Crippen molar-refractivity contribution >= 4 is 23.4 Å². The Balaban J connectivity index is 2.04. The number of likely N-dealkylation sites (N-methyl/N-ethyl adjacent to an activating group) is 1. The first-order valence-electron chi connectivity index (χ1n) is 7.50. The predicted molar refractivity (Wildman–Crippen MR) is 88.5 cm³/mol. The van der Waals surface area contributed by atoms with Crippen LogP contribution in [0, 0.1) is 29.1 Å². The molecule has 0 aliphatic heterocycles. The number of halogens is 5. The lowest BCUT2D eigenvalue weighted by Gasteiger charge is -2.15. The molecule has 9 heteroatoms. The summed E-state index contributed by atoms with van der Waals surface area (Å²) in [6.07, 6.45) is 1.94. The summed E-state index contributed by atoms with van der Waals surface area (Å²) in [6, 6.07) is 7.61. The second kappa shape index (κ2) is 8.50. The van der Waals surface area contributed by atoms with Crippen molar-refractivity contribution in [1.29, 1.82) is 0 Å². The van der Waals surface area contributed by atoms with Crippen LogP contribution in [-0.2, 0) is 11.3 Å². The molecular formula is C17H16F5N2OS+. The topological polar surface area (TPSA) is 33.5 Å². The molecule has 0 radical (unpaired) electrons. The maximum atomic E-state index is 13.6. The van der Waals surface area contributed by atoms with Crippen LogP contribution in [0.3, 0.4) is 0 Å². The zero-order valence-electron chi connectivity index (χ0n) is 13.9. The van der Waals surface area contributed by atoms with E-state index >= 15 is 0 Å². The first kappa shape index (κ1) is 20.2. The van der Waals surface area contributed by atoms with Crippen molar-refractivity contribution in [3.63, 3.8) is 0 Å². The van der Waals surface area contributed by atoms with Gasteiger partial charge in [0.25, 0.3) is 5.91 Å². The van der Waals surface area contributed by atoms with Gasteiger partial charge >= 0.3 is 0 Å². The minimum absolute atomic E-state index is 0.218. The van der Waals surface area contributed by atoms with Crippen LogP contribution < -0.4 is 10.2 Å². The Morgan fingerprint density at radius 2 is 1.46 bits per heavy atom. The Hall–Kier alpha value is -2.13. The van der Waals surface area contributed by atoms with Crippen LogP contribution in [0.1, 0.15) is 5.56 Å². The molecule has 0 aliphatic rings. The van der Waals surface area contributed by atoms with Gasteiger partial charge in [-0.1, -0.05) is 12.1 Å². The summed E-state index contributed by atoms with van der Waals surface area (Å²) >= 11 is 1.58. The molecule has 1 unspecified atom stereocenters. The van der Waals surface area contributed by atoms with E-state index < -0.39 is 40.7 Å². The van der Waals surface area contributed by atoms with Gasteiger partial charge in [0.1, 0.15) is 12.2 Å². The molecule has 0 fully saturated rings. The average Bonchev–Trinajstić information content (AvgIpc) is 2.62. The Labute approximate surface area is 151 Å². The molecule has 0 aliphatic carbocycles. The molecule has 1 atom stereocenters. The summed E-state index contributed by atoms with van der Waals surface area (Å²) in [6.45, 7) is 0.225. The molecule has 2 rings (SSSR count). The lowest BCUT2D eigenvalue weighted by atomic mass is 10.2. The molecule has 0 heterocycles. The molecule has 0 spiro atoms. The van der Waals surface area contributed by atoms with Crippen LogP contribution in [0.2, 0.25) is 0 Å². The molecule has 2 aromatic rings. The highest BCUT2D eigenvalue weighted by Gasteiger charge is 2.27. The van der Waals surface area contributed by atoms with E-state index in [0.717, 1.165) is 10.5 Å². The van der Waals surface area contributed by atoms with E-state index in [9.17, 15) is 26.7 Å². The van der Waals surface area contributed by atoms with E-state index in [1.807, 2.05) is 30.5 Å². The standard InChI is InChI=1S/C17H15F5N2OS/c1-24(7-9-3-5-10(26-2)6-4-9)8-11(25)23-17-15(21)13(19)12(18)14(20)16(17)22/h3-6H,7-8H2,1-2H3,(H,23,25)/p+1. The highest BCUT2D eigenvalue weighted by molar-refractivity contribution is 7.98. The maximum absolute atomic E-state index is 13.6. The molecule has 140 valence electrons. The van der Waals surface area contributed by atoms with Gasteiger partial charge in [0.2, 0.25) is 5.82 Å². The predicted octanol–water partition coefficient (Wildman–Crippen LogP) is 2.76. The number of rotatable bonds is 6. The molecule has 0 bridgehead atoms. The first-order chi connectivity index (χ1) is 12.2. The van der Waals surface area contributed by atoms with E-state index in [4.69, 9.17) is 0 Å². The minimum atomic E-state index is -2.27. The minimum Gasteiger partial charge on any atom is -0.326 e. The monoisotopic (exact) mass is 391 g/mol. The summed E-state index contributed by atoms with van der Waals surface area (Å²) in [4.78, 5) is 13.7. The fourth-order valence-corrected chi connectivity index (χ4v) is 2.73. The second-order valence-corrected chi connectivity index (χ2v) is 6.53. The number of nitrogens with one attached hydrogen (secondary N) is 2. The molecule has 0 saturated carbocycles. The molecule has 26 heavy (non-hydrogen) atoms. The van der Waals surface area contributed by atoms with Crippen molar-refractivity contribution in [3.8, 4) is 0 Å². The van der Waals surface area contributed by atoms with Crippen LogP contribution in [-0.4, -0.2) is 25.8 Å². The van der Waals surface area contributed by atoms with Crippen molar-refractivity contribution in [1.82, 2.24) is 0 Å². The van der Waals surface area contributed by atoms with Gasteiger partial charge in [-0.3, -0.25) is 4.79 Å². The number of carbonyl (C=O) groups excluding carboxylic acids is 1. The van der Waals surface area contributed by atoms with Crippen LogP contribution in [0.5, 0.6) is 0 Å². The summed E-state index contributed by atoms with van der Waals surface area (Å²) in [5, 5.41) is 1.76. The van der Waals surface area contributed by atoms with Gasteiger partial charge in [-0.05, 0) is 18.4 Å². The van der Waals surface area contributed by atoms with E-state index in [-0.39, 0.29) is 6.54 Å². The van der Waals surface area contributed by atoms with E-state index in [1.165, 1.54) is 0 Å². The number of thioether (sulfide) groups is 1. The molecule has 0 aromatic heterocycles. The SMILES string of the molecule is CSc1ccc(C[NH+](C)CC(=O)Nc2c(F)c(F)c(F)c(F)c2F)cc1. The average molecular weight is 391 g/mol. The van der Waals surface area contributed by atoms with Gasteiger partial charge in [-0.2, -0.15) is 0 Å². The number of carbonyl (C=O) groups is 1. The molecule has 2 N–H and O–H groups in total. The molecule has 3 nitrogen and oxygen atoms in total. The highest BCUT2D eigenvalue weighted by atomic mass is 32.2. The Kier molecular flexibility index (Phi) is 6.60. The van der Waals surface area contributed by atoms with Gasteiger partial charge in [-0.25, -0.2) is 22.0 Å². The zero-order valence-corrected chi connectivity index (χ0v) is 14.7. The quantitative estimate of drug-likeness (QED) is 0.344. The van der Waals surface area contributed by atoms with E-state index in [1.54, 1.807) is 24.1 Å². The van der Waals surface area contributed by atoms with Crippen molar-refractivity contribution < 1.29 is 31.6 Å². The Bertz CT molecular complexity index is 785. The third-order valence-corrected chi connectivity index (χ3v) is 4.35. The largest absolute Gasteiger partial charge is 0.326 e. The maximum Gasteiger partial charge on any atom is 0.279 e. The number of hydrogen-bond acceptors (Lipinski definition) is 2. The first-order valence-corrected chi connectivity index (χ1v) is 8.72. The van der Waals surface area contributed by atoms with Crippen molar-refractivity contribution in [2.45, 2.75) is 11.4 Å². The number of anilines is 1. The van der Waals surface area contributed by atoms with Crippen molar-refractivity contribution in [2.24, 2.45) is 0 Å². The van der Waals surface area contributed by atoms with Crippen molar-refractivity contribution in [3.05, 3.63) is 58.9 Å². The number of hydrogen-bond donors (Lipinski definition) is 2. The van der Waals surface area contributed by atoms with E-state index in [0.29, 0.717) is 11.4 Å². The van der Waals surface area contributed by atoms with Crippen LogP contribution in [0.25, 0.3) is 0 Å².